The summed E-state index contributed by atoms with van der Waals surface area (Å²) in [5.41, 5.74) is 8.45. The number of para-hydroxylation sites is 1. The zero-order valence-electron chi connectivity index (χ0n) is 17.0. The first-order chi connectivity index (χ1) is 14.6. The molecular weight excluding hydrogens is 378 g/mol. The quantitative estimate of drug-likeness (QED) is 0.800. The number of anilines is 3. The van der Waals surface area contributed by atoms with Crippen molar-refractivity contribution in [1.29, 1.82) is 0 Å². The number of nitrogens with one attached hydrogen (secondary N) is 1. The minimum absolute atomic E-state index is 0.182. The van der Waals surface area contributed by atoms with Crippen LogP contribution in [0.3, 0.4) is 0 Å². The molecule has 156 valence electrons. The van der Waals surface area contributed by atoms with Crippen LogP contribution in [0.4, 0.5) is 17.1 Å². The molecule has 0 aromatic heterocycles. The Bertz CT molecular complexity index is 918. The van der Waals surface area contributed by atoms with E-state index in [4.69, 9.17) is 5.73 Å². The number of hydrogen-bond acceptors (Lipinski definition) is 5. The van der Waals surface area contributed by atoms with Crippen LogP contribution in [0.5, 0.6) is 0 Å². The lowest BCUT2D eigenvalue weighted by molar-refractivity contribution is -0.119. The topological polar surface area (TPSA) is 91.0 Å². The number of benzene rings is 2. The molecule has 3 N–H and O–H groups in total. The molecule has 30 heavy (non-hydrogen) atoms. The van der Waals surface area contributed by atoms with Crippen molar-refractivity contribution in [2.45, 2.75) is 38.1 Å². The van der Waals surface area contributed by atoms with Crippen LogP contribution in [-0.4, -0.2) is 36.7 Å². The lowest BCUT2D eigenvalue weighted by Crippen LogP contribution is -2.39. The fourth-order valence-corrected chi connectivity index (χ4v) is 3.98. The normalized spacial score (nSPS) is 19.2. The van der Waals surface area contributed by atoms with E-state index in [9.17, 15) is 9.59 Å². The molecule has 2 amide bonds. The second kappa shape index (κ2) is 8.98. The summed E-state index contributed by atoms with van der Waals surface area (Å²) in [6, 6.07) is 16.5. The number of amides is 2. The van der Waals surface area contributed by atoms with Gasteiger partial charge in [-0.2, -0.15) is 5.10 Å². The molecule has 2 aliphatic heterocycles. The van der Waals surface area contributed by atoms with E-state index >= 15 is 0 Å². The molecule has 7 nitrogen and oxygen atoms in total. The van der Waals surface area contributed by atoms with E-state index in [1.165, 1.54) is 36.4 Å². The predicted molar refractivity (Wildman–Crippen MR) is 120 cm³/mol. The van der Waals surface area contributed by atoms with Crippen molar-refractivity contribution in [3.8, 4) is 0 Å². The molecule has 1 saturated heterocycles. The van der Waals surface area contributed by atoms with Crippen LogP contribution in [0.1, 0.15) is 32.1 Å². The number of nitrogens with two attached hydrogens (primary N) is 1. The van der Waals surface area contributed by atoms with Crippen molar-refractivity contribution < 1.29 is 9.59 Å². The molecule has 0 spiro atoms. The van der Waals surface area contributed by atoms with Gasteiger partial charge in [-0.3, -0.25) is 14.6 Å². The lowest BCUT2D eigenvalue weighted by Gasteiger charge is -2.22. The zero-order valence-corrected chi connectivity index (χ0v) is 17.0. The smallest absolute Gasteiger partial charge is 0.271 e. The van der Waals surface area contributed by atoms with Gasteiger partial charge >= 0.3 is 0 Å². The summed E-state index contributed by atoms with van der Waals surface area (Å²) in [5.74, 6) is -0.825. The summed E-state index contributed by atoms with van der Waals surface area (Å²) < 4.78 is 0. The molecule has 0 saturated carbocycles. The minimum atomic E-state index is -0.668. The van der Waals surface area contributed by atoms with Gasteiger partial charge in [0.1, 0.15) is 11.8 Å². The molecule has 4 rings (SSSR count). The van der Waals surface area contributed by atoms with Crippen molar-refractivity contribution in [2.75, 3.05) is 28.3 Å². The number of hydrogen-bond donors (Lipinski definition) is 2. The summed E-state index contributed by atoms with van der Waals surface area (Å²) in [7, 11) is 0. The second-order valence-corrected chi connectivity index (χ2v) is 7.75. The van der Waals surface area contributed by atoms with Crippen LogP contribution in [0, 0.1) is 0 Å². The Labute approximate surface area is 176 Å². The van der Waals surface area contributed by atoms with E-state index in [1.54, 1.807) is 0 Å². The van der Waals surface area contributed by atoms with Gasteiger partial charge in [0, 0.05) is 30.9 Å². The number of rotatable bonds is 5. The molecule has 2 aromatic carbocycles. The standard InChI is InChI=1S/C23H27N5O2/c24-22(29)21-16-20(26-28(21)19-8-4-3-5-9-19)23(30)25-17-10-12-18(13-11-17)27-14-6-1-2-7-15-27/h3-5,8-13,21H,1-2,6-7,14-16H2,(H2,24,29)(H,25,30). The molecule has 0 radical (unpaired) electrons. The van der Waals surface area contributed by atoms with Crippen molar-refractivity contribution >= 4 is 34.6 Å². The lowest BCUT2D eigenvalue weighted by atomic mass is 10.1. The molecule has 0 aliphatic carbocycles. The monoisotopic (exact) mass is 405 g/mol. The van der Waals surface area contributed by atoms with Gasteiger partial charge in [0.05, 0.1) is 5.69 Å². The van der Waals surface area contributed by atoms with E-state index in [-0.39, 0.29) is 12.3 Å². The molecule has 1 unspecified atom stereocenters. The van der Waals surface area contributed by atoms with E-state index in [0.717, 1.165) is 18.8 Å². The summed E-state index contributed by atoms with van der Waals surface area (Å²) >= 11 is 0. The van der Waals surface area contributed by atoms with Gasteiger partial charge in [0.2, 0.25) is 5.91 Å². The Balaban J connectivity index is 1.45. The maximum absolute atomic E-state index is 12.8. The Hall–Kier alpha value is -3.35. The predicted octanol–water partition coefficient (Wildman–Crippen LogP) is 3.13. The van der Waals surface area contributed by atoms with Gasteiger partial charge < -0.3 is 16.0 Å². The number of carbonyl (C=O) groups is 2. The van der Waals surface area contributed by atoms with Crippen molar-refractivity contribution in [1.82, 2.24) is 0 Å². The summed E-state index contributed by atoms with van der Waals surface area (Å²) in [6.45, 7) is 2.15. The maximum Gasteiger partial charge on any atom is 0.271 e. The number of hydrazone groups is 1. The third-order valence-electron chi connectivity index (χ3n) is 5.62. The summed E-state index contributed by atoms with van der Waals surface area (Å²) in [5, 5.41) is 8.81. The number of primary amides is 1. The summed E-state index contributed by atoms with van der Waals surface area (Å²) in [6.07, 6.45) is 5.20. The van der Waals surface area contributed by atoms with E-state index < -0.39 is 11.9 Å². The van der Waals surface area contributed by atoms with Crippen molar-refractivity contribution in [3.63, 3.8) is 0 Å². The third kappa shape index (κ3) is 4.45. The van der Waals surface area contributed by atoms with Gasteiger partial charge in [0.15, 0.2) is 0 Å². The average Bonchev–Trinajstić information content (AvgIpc) is 3.05. The SMILES string of the molecule is NC(=O)C1CC(C(=O)Nc2ccc(N3CCCCCC3)cc2)=NN1c1ccccc1. The van der Waals surface area contributed by atoms with Crippen LogP contribution in [0.15, 0.2) is 59.7 Å². The fourth-order valence-electron chi connectivity index (χ4n) is 3.98. The Kier molecular flexibility index (Phi) is 5.97. The fraction of sp³-hybridized carbons (Fsp3) is 0.348. The Morgan fingerprint density at radius 3 is 2.20 bits per heavy atom. The van der Waals surface area contributed by atoms with Crippen LogP contribution in [-0.2, 0) is 9.59 Å². The van der Waals surface area contributed by atoms with Gasteiger partial charge in [0.25, 0.3) is 5.91 Å². The molecular formula is C23H27N5O2. The van der Waals surface area contributed by atoms with Gasteiger partial charge in [-0.1, -0.05) is 31.0 Å². The highest BCUT2D eigenvalue weighted by atomic mass is 16.2. The van der Waals surface area contributed by atoms with Crippen molar-refractivity contribution in [3.05, 3.63) is 54.6 Å². The first-order valence-corrected chi connectivity index (χ1v) is 10.5. The third-order valence-corrected chi connectivity index (χ3v) is 5.62. The van der Waals surface area contributed by atoms with Gasteiger partial charge in [-0.05, 0) is 49.2 Å². The van der Waals surface area contributed by atoms with E-state index in [1.807, 2.05) is 54.6 Å². The van der Waals surface area contributed by atoms with Crippen LogP contribution in [0.2, 0.25) is 0 Å². The highest BCUT2D eigenvalue weighted by Crippen LogP contribution is 2.25. The van der Waals surface area contributed by atoms with Gasteiger partial charge in [-0.15, -0.1) is 0 Å². The Morgan fingerprint density at radius 1 is 0.900 bits per heavy atom. The minimum Gasteiger partial charge on any atom is -0.372 e. The Morgan fingerprint density at radius 2 is 1.57 bits per heavy atom. The summed E-state index contributed by atoms with van der Waals surface area (Å²) in [4.78, 5) is 27.1. The highest BCUT2D eigenvalue weighted by Gasteiger charge is 2.34. The molecule has 0 bridgehead atoms. The van der Waals surface area contributed by atoms with Crippen LogP contribution >= 0.6 is 0 Å². The van der Waals surface area contributed by atoms with Crippen LogP contribution in [0.25, 0.3) is 0 Å². The van der Waals surface area contributed by atoms with E-state index in [2.05, 4.69) is 15.3 Å². The first kappa shape index (κ1) is 19.9. The largest absolute Gasteiger partial charge is 0.372 e. The highest BCUT2D eigenvalue weighted by molar-refractivity contribution is 6.44. The average molecular weight is 406 g/mol. The first-order valence-electron chi connectivity index (χ1n) is 10.5. The zero-order chi connectivity index (χ0) is 20.9. The number of nitrogens with zero attached hydrogens (tertiary/aromatic N) is 3. The van der Waals surface area contributed by atoms with Crippen LogP contribution < -0.4 is 21.0 Å². The molecule has 1 atom stereocenters. The molecule has 2 aromatic rings. The second-order valence-electron chi connectivity index (χ2n) is 7.75. The molecule has 2 aliphatic rings. The van der Waals surface area contributed by atoms with Gasteiger partial charge in [-0.25, -0.2) is 0 Å². The van der Waals surface area contributed by atoms with Crippen molar-refractivity contribution in [2.24, 2.45) is 10.8 Å². The molecule has 7 heteroatoms. The number of carbonyl (C=O) groups excluding carboxylic acids is 2. The molecule has 2 heterocycles. The van der Waals surface area contributed by atoms with E-state index in [0.29, 0.717) is 11.4 Å². The maximum atomic E-state index is 12.8. The molecule has 1 fully saturated rings.